The van der Waals surface area contributed by atoms with Gasteiger partial charge >= 0.3 is 0 Å². The fraction of sp³-hybridized carbons (Fsp3) is 0.533. The summed E-state index contributed by atoms with van der Waals surface area (Å²) in [5.74, 6) is 0.850. The van der Waals surface area contributed by atoms with Crippen molar-refractivity contribution < 1.29 is 4.74 Å². The summed E-state index contributed by atoms with van der Waals surface area (Å²) >= 11 is 3.51. The Kier molecular flexibility index (Phi) is 4.17. The monoisotopic (exact) mass is 322 g/mol. The molecular formula is C15H19BrN2O. The van der Waals surface area contributed by atoms with Gasteiger partial charge in [0.25, 0.3) is 0 Å². The maximum Gasteiger partial charge on any atom is 0.123 e. The van der Waals surface area contributed by atoms with Gasteiger partial charge in [-0.1, -0.05) is 22.4 Å². The molecule has 1 fully saturated rings. The smallest absolute Gasteiger partial charge is 0.123 e. The van der Waals surface area contributed by atoms with Crippen molar-refractivity contribution in [3.05, 3.63) is 28.2 Å². The van der Waals surface area contributed by atoms with Crippen molar-refractivity contribution in [2.45, 2.75) is 25.3 Å². The van der Waals surface area contributed by atoms with Crippen molar-refractivity contribution in [3.8, 4) is 11.8 Å². The Hall–Kier alpha value is -1.05. The molecule has 3 nitrogen and oxygen atoms in total. The van der Waals surface area contributed by atoms with E-state index in [2.05, 4.69) is 33.0 Å². The lowest BCUT2D eigenvalue weighted by Gasteiger charge is -2.45. The van der Waals surface area contributed by atoms with Crippen molar-refractivity contribution in [2.24, 2.45) is 5.41 Å². The molecule has 1 aromatic carbocycles. The summed E-state index contributed by atoms with van der Waals surface area (Å²) in [6.45, 7) is 0. The highest BCUT2D eigenvalue weighted by atomic mass is 79.9. The molecule has 102 valence electrons. The van der Waals surface area contributed by atoms with Gasteiger partial charge < -0.3 is 9.64 Å². The van der Waals surface area contributed by atoms with E-state index in [9.17, 15) is 5.26 Å². The van der Waals surface area contributed by atoms with Gasteiger partial charge in [-0.05, 0) is 45.1 Å². The second-order valence-corrected chi connectivity index (χ2v) is 6.29. The van der Waals surface area contributed by atoms with Crippen molar-refractivity contribution in [1.29, 1.82) is 5.26 Å². The summed E-state index contributed by atoms with van der Waals surface area (Å²) in [4.78, 5) is 2.13. The van der Waals surface area contributed by atoms with Gasteiger partial charge in [-0.3, -0.25) is 0 Å². The molecule has 19 heavy (non-hydrogen) atoms. The molecule has 1 aliphatic rings. The topological polar surface area (TPSA) is 36.3 Å². The molecule has 1 atom stereocenters. The molecule has 0 aliphatic heterocycles. The van der Waals surface area contributed by atoms with Gasteiger partial charge in [0.1, 0.15) is 5.75 Å². The Morgan fingerprint density at radius 2 is 2.11 bits per heavy atom. The lowest BCUT2D eigenvalue weighted by Crippen LogP contribution is -2.41. The first-order valence-corrected chi connectivity index (χ1v) is 7.24. The molecule has 2 rings (SSSR count). The Morgan fingerprint density at radius 3 is 2.53 bits per heavy atom. The minimum Gasteiger partial charge on any atom is -0.496 e. The maximum absolute atomic E-state index is 9.62. The number of hydrogen-bond acceptors (Lipinski definition) is 3. The quantitative estimate of drug-likeness (QED) is 0.846. The zero-order valence-corrected chi connectivity index (χ0v) is 13.2. The average molecular weight is 323 g/mol. The number of ether oxygens (including phenoxy) is 1. The number of benzene rings is 1. The van der Waals surface area contributed by atoms with Crippen LogP contribution in [0.3, 0.4) is 0 Å². The van der Waals surface area contributed by atoms with E-state index >= 15 is 0 Å². The summed E-state index contributed by atoms with van der Waals surface area (Å²) in [6.07, 6.45) is 3.05. The molecule has 1 unspecified atom stereocenters. The predicted octanol–water partition coefficient (Wildman–Crippen LogP) is 3.75. The number of hydrogen-bond donors (Lipinski definition) is 0. The van der Waals surface area contributed by atoms with E-state index in [1.807, 2.05) is 26.2 Å². The molecule has 0 amide bonds. The molecule has 0 N–H and O–H groups in total. The summed E-state index contributed by atoms with van der Waals surface area (Å²) < 4.78 is 6.50. The van der Waals surface area contributed by atoms with Crippen LogP contribution >= 0.6 is 15.9 Å². The van der Waals surface area contributed by atoms with Crippen molar-refractivity contribution >= 4 is 15.9 Å². The van der Waals surface area contributed by atoms with Gasteiger partial charge in [-0.25, -0.2) is 0 Å². The number of halogens is 1. The normalized spacial score (nSPS) is 18.5. The van der Waals surface area contributed by atoms with Crippen molar-refractivity contribution in [3.63, 3.8) is 0 Å². The zero-order chi connectivity index (χ0) is 14.0. The Morgan fingerprint density at radius 1 is 1.42 bits per heavy atom. The van der Waals surface area contributed by atoms with Crippen molar-refractivity contribution in [2.75, 3.05) is 21.2 Å². The van der Waals surface area contributed by atoms with Crippen LogP contribution in [-0.4, -0.2) is 26.1 Å². The molecule has 0 bridgehead atoms. The van der Waals surface area contributed by atoms with Crippen LogP contribution in [0, 0.1) is 16.7 Å². The van der Waals surface area contributed by atoms with Crippen molar-refractivity contribution in [1.82, 2.24) is 4.90 Å². The van der Waals surface area contributed by atoms with Gasteiger partial charge in [0.2, 0.25) is 0 Å². The molecule has 4 heteroatoms. The number of nitriles is 1. The Balaban J connectivity index is 2.51. The van der Waals surface area contributed by atoms with E-state index in [1.54, 1.807) is 7.11 Å². The Bertz CT molecular complexity index is 503. The minimum absolute atomic E-state index is 0.0682. The first kappa shape index (κ1) is 14.4. The van der Waals surface area contributed by atoms with E-state index in [0.29, 0.717) is 0 Å². The molecule has 1 aliphatic carbocycles. The molecule has 1 aromatic rings. The van der Waals surface area contributed by atoms with E-state index < -0.39 is 0 Å². The zero-order valence-electron chi connectivity index (χ0n) is 11.6. The lowest BCUT2D eigenvalue weighted by atomic mass is 9.63. The fourth-order valence-electron chi connectivity index (χ4n) is 2.99. The summed E-state index contributed by atoms with van der Waals surface area (Å²) in [5, 5.41) is 9.62. The number of nitrogens with zero attached hydrogens (tertiary/aromatic N) is 2. The highest BCUT2D eigenvalue weighted by molar-refractivity contribution is 9.10. The van der Waals surface area contributed by atoms with Crippen LogP contribution in [0.4, 0.5) is 0 Å². The fourth-order valence-corrected chi connectivity index (χ4v) is 3.37. The lowest BCUT2D eigenvalue weighted by molar-refractivity contribution is 0.0730. The standard InChI is InChI=1S/C15H19BrN2O/c1-18(2)14(15(10-17)7-4-8-15)12-9-11(16)5-6-13(12)19-3/h5-6,9,14H,4,7-8H2,1-3H3. The second-order valence-electron chi connectivity index (χ2n) is 5.37. The molecule has 1 saturated carbocycles. The predicted molar refractivity (Wildman–Crippen MR) is 79.0 cm³/mol. The first-order chi connectivity index (χ1) is 9.04. The average Bonchev–Trinajstić information content (AvgIpc) is 2.33. The van der Waals surface area contributed by atoms with E-state index in [4.69, 9.17) is 4.74 Å². The van der Waals surface area contributed by atoms with Crippen LogP contribution in [0.15, 0.2) is 22.7 Å². The number of methoxy groups -OCH3 is 1. The van der Waals surface area contributed by atoms with E-state index in [0.717, 1.165) is 35.0 Å². The maximum atomic E-state index is 9.62. The SMILES string of the molecule is COc1ccc(Br)cc1C(N(C)C)C1(C#N)CCC1. The highest BCUT2D eigenvalue weighted by Crippen LogP contribution is 2.53. The van der Waals surface area contributed by atoms with Gasteiger partial charge in [0, 0.05) is 10.0 Å². The Labute approximate surface area is 123 Å². The highest BCUT2D eigenvalue weighted by Gasteiger charge is 2.47. The molecule has 0 spiro atoms. The molecular weight excluding hydrogens is 304 g/mol. The van der Waals surface area contributed by atoms with Crippen LogP contribution in [-0.2, 0) is 0 Å². The van der Waals surface area contributed by atoms with Crippen LogP contribution in [0.1, 0.15) is 30.9 Å². The molecule has 0 saturated heterocycles. The number of rotatable bonds is 4. The van der Waals surface area contributed by atoms with Gasteiger partial charge in [-0.15, -0.1) is 0 Å². The third-order valence-corrected chi connectivity index (χ3v) is 4.49. The summed E-state index contributed by atoms with van der Waals surface area (Å²) in [5.41, 5.74) is 0.806. The van der Waals surface area contributed by atoms with Crippen LogP contribution < -0.4 is 4.74 Å². The minimum atomic E-state index is -0.280. The largest absolute Gasteiger partial charge is 0.496 e. The summed E-state index contributed by atoms with van der Waals surface area (Å²) in [6, 6.07) is 8.62. The van der Waals surface area contributed by atoms with Crippen LogP contribution in [0.5, 0.6) is 5.75 Å². The molecule has 0 aromatic heterocycles. The first-order valence-electron chi connectivity index (χ1n) is 6.45. The van der Waals surface area contributed by atoms with E-state index in [1.165, 1.54) is 0 Å². The van der Waals surface area contributed by atoms with Gasteiger partial charge in [0.15, 0.2) is 0 Å². The third-order valence-electron chi connectivity index (χ3n) is 3.99. The van der Waals surface area contributed by atoms with Gasteiger partial charge in [0.05, 0.1) is 24.6 Å². The third kappa shape index (κ3) is 2.50. The molecule has 0 radical (unpaired) electrons. The van der Waals surface area contributed by atoms with Gasteiger partial charge in [-0.2, -0.15) is 5.26 Å². The summed E-state index contributed by atoms with van der Waals surface area (Å²) in [7, 11) is 5.74. The van der Waals surface area contributed by atoms with E-state index in [-0.39, 0.29) is 11.5 Å². The molecule has 0 heterocycles. The van der Waals surface area contributed by atoms with Crippen LogP contribution in [0.2, 0.25) is 0 Å². The van der Waals surface area contributed by atoms with Crippen LogP contribution in [0.25, 0.3) is 0 Å². The second kappa shape index (κ2) is 5.52.